The molecule has 0 aliphatic heterocycles. The Labute approximate surface area is 126 Å². The van der Waals surface area contributed by atoms with Gasteiger partial charge in [-0.05, 0) is 24.8 Å². The third kappa shape index (κ3) is 5.10. The fourth-order valence-electron chi connectivity index (χ4n) is 2.12. The Kier molecular flexibility index (Phi) is 6.06. The van der Waals surface area contributed by atoms with E-state index >= 15 is 0 Å². The molecule has 2 N–H and O–H groups in total. The van der Waals surface area contributed by atoms with Gasteiger partial charge in [0, 0.05) is 31.9 Å². The third-order valence-corrected chi connectivity index (χ3v) is 3.28. The van der Waals surface area contributed by atoms with Gasteiger partial charge in [-0.25, -0.2) is 4.98 Å². The molecule has 5 nitrogen and oxygen atoms in total. The van der Waals surface area contributed by atoms with Crippen LogP contribution in [-0.4, -0.2) is 30.6 Å². The normalized spacial score (nSPS) is 15.2. The standard InChI is InChI=1S/C16H24N4O/c1-3-10-21-15-9-8-13(11-18-15)12-19-16(17-2)20-14-6-4-5-7-14/h4-5,8-9,11,14H,3,6-7,10,12H2,1-2H3,(H2,17,19,20). The van der Waals surface area contributed by atoms with Gasteiger partial charge in [0.2, 0.25) is 5.88 Å². The number of aliphatic imine (C=N–C) groups is 1. The van der Waals surface area contributed by atoms with E-state index in [4.69, 9.17) is 4.74 Å². The van der Waals surface area contributed by atoms with Crippen molar-refractivity contribution in [1.29, 1.82) is 0 Å². The summed E-state index contributed by atoms with van der Waals surface area (Å²) >= 11 is 0. The number of hydrogen-bond donors (Lipinski definition) is 2. The molecule has 0 unspecified atom stereocenters. The smallest absolute Gasteiger partial charge is 0.213 e. The quantitative estimate of drug-likeness (QED) is 0.479. The monoisotopic (exact) mass is 288 g/mol. The summed E-state index contributed by atoms with van der Waals surface area (Å²) in [5.74, 6) is 1.51. The maximum absolute atomic E-state index is 5.47. The van der Waals surface area contributed by atoms with Crippen LogP contribution in [0.5, 0.6) is 5.88 Å². The summed E-state index contributed by atoms with van der Waals surface area (Å²) in [4.78, 5) is 8.54. The summed E-state index contributed by atoms with van der Waals surface area (Å²) < 4.78 is 5.47. The second-order valence-corrected chi connectivity index (χ2v) is 5.06. The first-order chi connectivity index (χ1) is 10.3. The molecule has 1 aliphatic rings. The van der Waals surface area contributed by atoms with Crippen molar-refractivity contribution >= 4 is 5.96 Å². The van der Waals surface area contributed by atoms with Gasteiger partial charge in [-0.3, -0.25) is 4.99 Å². The van der Waals surface area contributed by atoms with Gasteiger partial charge in [0.05, 0.1) is 6.61 Å². The van der Waals surface area contributed by atoms with Gasteiger partial charge < -0.3 is 15.4 Å². The summed E-state index contributed by atoms with van der Waals surface area (Å²) in [6.45, 7) is 3.48. The van der Waals surface area contributed by atoms with Crippen molar-refractivity contribution in [2.45, 2.75) is 38.8 Å². The Morgan fingerprint density at radius 2 is 2.19 bits per heavy atom. The molecule has 0 bridgehead atoms. The Hall–Kier alpha value is -2.04. The number of rotatable bonds is 6. The van der Waals surface area contributed by atoms with Crippen LogP contribution in [-0.2, 0) is 6.54 Å². The SMILES string of the molecule is CCCOc1ccc(CNC(=NC)NC2CC=CC2)cn1. The maximum Gasteiger partial charge on any atom is 0.213 e. The number of pyridine rings is 1. The second-order valence-electron chi connectivity index (χ2n) is 5.06. The molecule has 0 saturated carbocycles. The zero-order valence-electron chi connectivity index (χ0n) is 12.8. The molecule has 1 aromatic heterocycles. The Balaban J connectivity index is 1.78. The van der Waals surface area contributed by atoms with E-state index in [0.29, 0.717) is 25.1 Å². The predicted octanol–water partition coefficient (Wildman–Crippen LogP) is 2.25. The summed E-state index contributed by atoms with van der Waals surface area (Å²) in [6, 6.07) is 4.39. The number of aromatic nitrogens is 1. The highest BCUT2D eigenvalue weighted by Crippen LogP contribution is 2.09. The largest absolute Gasteiger partial charge is 0.478 e. The minimum absolute atomic E-state index is 0.458. The van der Waals surface area contributed by atoms with E-state index in [1.54, 1.807) is 7.05 Å². The van der Waals surface area contributed by atoms with Gasteiger partial charge >= 0.3 is 0 Å². The molecule has 0 fully saturated rings. The van der Waals surface area contributed by atoms with Crippen molar-refractivity contribution in [1.82, 2.24) is 15.6 Å². The van der Waals surface area contributed by atoms with E-state index in [9.17, 15) is 0 Å². The zero-order chi connectivity index (χ0) is 14.9. The molecular formula is C16H24N4O. The van der Waals surface area contributed by atoms with Crippen molar-refractivity contribution in [3.05, 3.63) is 36.0 Å². The van der Waals surface area contributed by atoms with E-state index in [1.807, 2.05) is 18.3 Å². The van der Waals surface area contributed by atoms with Crippen LogP contribution >= 0.6 is 0 Å². The fraction of sp³-hybridized carbons (Fsp3) is 0.500. The number of ether oxygens (including phenoxy) is 1. The number of nitrogens with one attached hydrogen (secondary N) is 2. The lowest BCUT2D eigenvalue weighted by atomic mass is 10.2. The second kappa shape index (κ2) is 8.29. The van der Waals surface area contributed by atoms with Crippen LogP contribution in [0.25, 0.3) is 0 Å². The molecule has 1 heterocycles. The highest BCUT2D eigenvalue weighted by Gasteiger charge is 2.11. The summed E-state index contributed by atoms with van der Waals surface area (Å²) in [7, 11) is 1.79. The van der Waals surface area contributed by atoms with E-state index < -0.39 is 0 Å². The van der Waals surface area contributed by atoms with Crippen LogP contribution in [0.3, 0.4) is 0 Å². The Bertz CT molecular complexity index is 474. The zero-order valence-corrected chi connectivity index (χ0v) is 12.8. The molecule has 114 valence electrons. The first-order valence-electron chi connectivity index (χ1n) is 7.51. The van der Waals surface area contributed by atoms with Gasteiger partial charge in [-0.15, -0.1) is 0 Å². The van der Waals surface area contributed by atoms with Crippen molar-refractivity contribution in [3.63, 3.8) is 0 Å². The van der Waals surface area contributed by atoms with Crippen LogP contribution in [0.15, 0.2) is 35.5 Å². The highest BCUT2D eigenvalue weighted by atomic mass is 16.5. The first kappa shape index (κ1) is 15.4. The predicted molar refractivity (Wildman–Crippen MR) is 85.5 cm³/mol. The fourth-order valence-corrected chi connectivity index (χ4v) is 2.12. The molecule has 0 radical (unpaired) electrons. The van der Waals surface area contributed by atoms with Crippen molar-refractivity contribution in [2.75, 3.05) is 13.7 Å². The summed E-state index contributed by atoms with van der Waals surface area (Å²) in [6.07, 6.45) is 9.34. The molecule has 1 aromatic rings. The summed E-state index contributed by atoms with van der Waals surface area (Å²) in [5.41, 5.74) is 1.10. The van der Waals surface area contributed by atoms with Gasteiger partial charge in [-0.2, -0.15) is 0 Å². The summed E-state index contributed by atoms with van der Waals surface area (Å²) in [5, 5.41) is 6.71. The van der Waals surface area contributed by atoms with Gasteiger partial charge in [-0.1, -0.05) is 25.1 Å². The van der Waals surface area contributed by atoms with Gasteiger partial charge in [0.25, 0.3) is 0 Å². The van der Waals surface area contributed by atoms with Crippen molar-refractivity contribution < 1.29 is 4.74 Å². The molecular weight excluding hydrogens is 264 g/mol. The minimum atomic E-state index is 0.458. The van der Waals surface area contributed by atoms with Crippen LogP contribution in [0.4, 0.5) is 0 Å². The van der Waals surface area contributed by atoms with Crippen LogP contribution in [0, 0.1) is 0 Å². The molecule has 0 amide bonds. The average molecular weight is 288 g/mol. The maximum atomic E-state index is 5.47. The molecule has 0 atom stereocenters. The van der Waals surface area contributed by atoms with Crippen molar-refractivity contribution in [3.8, 4) is 5.88 Å². The van der Waals surface area contributed by atoms with Gasteiger partial charge in [0.15, 0.2) is 5.96 Å². The third-order valence-electron chi connectivity index (χ3n) is 3.28. The van der Waals surface area contributed by atoms with Crippen molar-refractivity contribution in [2.24, 2.45) is 4.99 Å². The van der Waals surface area contributed by atoms with Crippen LogP contribution < -0.4 is 15.4 Å². The Morgan fingerprint density at radius 1 is 1.38 bits per heavy atom. The lowest BCUT2D eigenvalue weighted by molar-refractivity contribution is 0.305. The molecule has 21 heavy (non-hydrogen) atoms. The van der Waals surface area contributed by atoms with Crippen LogP contribution in [0.2, 0.25) is 0 Å². The molecule has 2 rings (SSSR count). The lowest BCUT2D eigenvalue weighted by Crippen LogP contribution is -2.42. The number of guanidine groups is 1. The molecule has 0 aromatic carbocycles. The van der Waals surface area contributed by atoms with E-state index in [2.05, 4.69) is 39.7 Å². The number of hydrogen-bond acceptors (Lipinski definition) is 3. The Morgan fingerprint density at radius 3 is 2.81 bits per heavy atom. The van der Waals surface area contributed by atoms with E-state index in [1.165, 1.54) is 0 Å². The van der Waals surface area contributed by atoms with E-state index in [0.717, 1.165) is 30.8 Å². The minimum Gasteiger partial charge on any atom is -0.478 e. The lowest BCUT2D eigenvalue weighted by Gasteiger charge is -2.16. The van der Waals surface area contributed by atoms with Gasteiger partial charge in [0.1, 0.15) is 0 Å². The average Bonchev–Trinajstić information content (AvgIpc) is 3.03. The number of nitrogens with zero attached hydrogens (tertiary/aromatic N) is 2. The molecule has 1 aliphatic carbocycles. The van der Waals surface area contributed by atoms with Crippen LogP contribution in [0.1, 0.15) is 31.7 Å². The highest BCUT2D eigenvalue weighted by molar-refractivity contribution is 5.80. The first-order valence-corrected chi connectivity index (χ1v) is 7.51. The van der Waals surface area contributed by atoms with E-state index in [-0.39, 0.29) is 0 Å². The topological polar surface area (TPSA) is 58.5 Å². The molecule has 0 saturated heterocycles. The molecule has 0 spiro atoms. The molecule has 5 heteroatoms.